The molecule has 0 spiro atoms. The summed E-state index contributed by atoms with van der Waals surface area (Å²) < 4.78 is 57.2. The number of likely N-dealkylation sites (tertiary alicyclic amines) is 1. The molecule has 1 aliphatic heterocycles. The molecule has 11 heteroatoms. The molecule has 1 N–H and O–H groups in total. The summed E-state index contributed by atoms with van der Waals surface area (Å²) in [4.78, 5) is 13.5. The van der Waals surface area contributed by atoms with E-state index in [0.717, 1.165) is 12.5 Å². The number of sulfonamides is 1. The van der Waals surface area contributed by atoms with Gasteiger partial charge >= 0.3 is 6.09 Å². The monoisotopic (exact) mass is 396 g/mol. The summed E-state index contributed by atoms with van der Waals surface area (Å²) in [5, 5.41) is 0. The number of carbonyl (C=O) groups is 1. The standard InChI is InChI=1S/C14H24N2O7S2/c1-5-8-22-14(17)16-10-12(23-25(4,20)21)9-13(16)11(2)6-7-15-24(3,18)19/h5-6,12-13,15H,1,7-10H2,2-4H3/b11-6+/t12-,13+/m1/s1. The number of carbonyl (C=O) groups excluding carboxylic acids is 1. The molecule has 0 aromatic rings. The van der Waals surface area contributed by atoms with Crippen LogP contribution in [0.3, 0.4) is 0 Å². The minimum absolute atomic E-state index is 0.0258. The number of nitrogens with one attached hydrogen (secondary N) is 1. The fourth-order valence-electron chi connectivity index (χ4n) is 2.45. The number of hydrogen-bond donors (Lipinski definition) is 1. The number of hydrogen-bond acceptors (Lipinski definition) is 7. The van der Waals surface area contributed by atoms with E-state index in [-0.39, 0.29) is 26.1 Å². The van der Waals surface area contributed by atoms with Crippen LogP contribution in [0.4, 0.5) is 4.79 Å². The van der Waals surface area contributed by atoms with Crippen LogP contribution in [0, 0.1) is 0 Å². The quantitative estimate of drug-likeness (QED) is 0.460. The van der Waals surface area contributed by atoms with E-state index in [9.17, 15) is 21.6 Å². The van der Waals surface area contributed by atoms with E-state index < -0.39 is 38.4 Å². The van der Waals surface area contributed by atoms with Gasteiger partial charge in [0.15, 0.2) is 0 Å². The van der Waals surface area contributed by atoms with Gasteiger partial charge in [-0.1, -0.05) is 24.3 Å². The lowest BCUT2D eigenvalue weighted by molar-refractivity contribution is 0.108. The summed E-state index contributed by atoms with van der Waals surface area (Å²) >= 11 is 0. The van der Waals surface area contributed by atoms with Gasteiger partial charge in [0, 0.05) is 13.0 Å². The first-order chi connectivity index (χ1) is 11.4. The molecule has 0 aromatic carbocycles. The van der Waals surface area contributed by atoms with Crippen molar-refractivity contribution in [3.63, 3.8) is 0 Å². The Labute approximate surface area is 148 Å². The highest BCUT2D eigenvalue weighted by Crippen LogP contribution is 2.27. The lowest BCUT2D eigenvalue weighted by Gasteiger charge is -2.24. The molecule has 1 amide bonds. The predicted molar refractivity (Wildman–Crippen MR) is 93.0 cm³/mol. The second kappa shape index (κ2) is 8.79. The van der Waals surface area contributed by atoms with Crippen molar-refractivity contribution in [3.05, 3.63) is 24.3 Å². The second-order valence-electron chi connectivity index (χ2n) is 5.76. The Morgan fingerprint density at radius 2 is 1.96 bits per heavy atom. The SMILES string of the molecule is C=CCOC(=O)N1C[C@H](OS(C)(=O)=O)C[C@H]1/C(C)=C/CNS(C)(=O)=O. The highest BCUT2D eigenvalue weighted by molar-refractivity contribution is 7.88. The minimum Gasteiger partial charge on any atom is -0.445 e. The van der Waals surface area contributed by atoms with Gasteiger partial charge in [-0.3, -0.25) is 9.08 Å². The van der Waals surface area contributed by atoms with Crippen LogP contribution in [0.1, 0.15) is 13.3 Å². The summed E-state index contributed by atoms with van der Waals surface area (Å²) in [6.45, 7) is 5.34. The molecule has 9 nitrogen and oxygen atoms in total. The Balaban J connectivity index is 2.90. The third-order valence-corrected chi connectivity index (χ3v) is 4.74. The Morgan fingerprint density at radius 1 is 1.32 bits per heavy atom. The van der Waals surface area contributed by atoms with E-state index in [4.69, 9.17) is 8.92 Å². The summed E-state index contributed by atoms with van der Waals surface area (Å²) in [6, 6.07) is -0.453. The number of ether oxygens (including phenoxy) is 1. The minimum atomic E-state index is -3.67. The van der Waals surface area contributed by atoms with Crippen LogP contribution in [0.15, 0.2) is 24.3 Å². The molecule has 25 heavy (non-hydrogen) atoms. The zero-order valence-corrected chi connectivity index (χ0v) is 16.1. The van der Waals surface area contributed by atoms with E-state index in [2.05, 4.69) is 11.3 Å². The van der Waals surface area contributed by atoms with Gasteiger partial charge in [0.05, 0.1) is 31.2 Å². The van der Waals surface area contributed by atoms with E-state index in [1.807, 2.05) is 0 Å². The Bertz CT molecular complexity index is 728. The second-order valence-corrected chi connectivity index (χ2v) is 9.19. The normalized spacial score (nSPS) is 22.0. The maximum Gasteiger partial charge on any atom is 0.410 e. The molecule has 0 saturated carbocycles. The van der Waals surface area contributed by atoms with Crippen LogP contribution in [0.5, 0.6) is 0 Å². The van der Waals surface area contributed by atoms with Gasteiger partial charge in [0.1, 0.15) is 6.61 Å². The largest absolute Gasteiger partial charge is 0.445 e. The molecular weight excluding hydrogens is 372 g/mol. The number of rotatable bonds is 8. The number of nitrogens with zero attached hydrogens (tertiary/aromatic N) is 1. The predicted octanol–water partition coefficient (Wildman–Crippen LogP) is 0.224. The highest BCUT2D eigenvalue weighted by atomic mass is 32.2. The first-order valence-electron chi connectivity index (χ1n) is 7.47. The van der Waals surface area contributed by atoms with Crippen LogP contribution >= 0.6 is 0 Å². The highest BCUT2D eigenvalue weighted by Gasteiger charge is 2.39. The lowest BCUT2D eigenvalue weighted by atomic mass is 10.1. The topological polar surface area (TPSA) is 119 Å². The van der Waals surface area contributed by atoms with Crippen molar-refractivity contribution in [1.29, 1.82) is 0 Å². The Kier molecular flexibility index (Phi) is 7.60. The van der Waals surface area contributed by atoms with Crippen LogP contribution in [-0.2, 0) is 29.1 Å². The van der Waals surface area contributed by atoms with Crippen LogP contribution in [0.25, 0.3) is 0 Å². The molecule has 1 saturated heterocycles. The molecule has 144 valence electrons. The van der Waals surface area contributed by atoms with E-state index in [0.29, 0.717) is 5.57 Å². The molecule has 2 atom stereocenters. The molecule has 0 aromatic heterocycles. The third kappa shape index (κ3) is 7.99. The first-order valence-corrected chi connectivity index (χ1v) is 11.2. The van der Waals surface area contributed by atoms with Crippen LogP contribution in [-0.4, -0.2) is 72.2 Å². The molecule has 0 aliphatic carbocycles. The van der Waals surface area contributed by atoms with Gasteiger partial charge < -0.3 is 4.74 Å². The smallest absolute Gasteiger partial charge is 0.410 e. The lowest BCUT2D eigenvalue weighted by Crippen LogP contribution is -2.37. The van der Waals surface area contributed by atoms with Crippen molar-refractivity contribution >= 4 is 26.2 Å². The maximum atomic E-state index is 12.2. The average molecular weight is 396 g/mol. The summed E-state index contributed by atoms with van der Waals surface area (Å²) in [6.07, 6.45) is 3.99. The molecule has 1 heterocycles. The summed E-state index contributed by atoms with van der Waals surface area (Å²) in [5.74, 6) is 0. The molecule has 0 radical (unpaired) electrons. The molecule has 0 unspecified atom stereocenters. The maximum absolute atomic E-state index is 12.2. The van der Waals surface area contributed by atoms with Gasteiger partial charge in [0.25, 0.3) is 10.1 Å². The van der Waals surface area contributed by atoms with E-state index >= 15 is 0 Å². The van der Waals surface area contributed by atoms with Crippen molar-refractivity contribution in [3.8, 4) is 0 Å². The van der Waals surface area contributed by atoms with Gasteiger partial charge in [0.2, 0.25) is 10.0 Å². The molecule has 1 rings (SSSR count). The van der Waals surface area contributed by atoms with E-state index in [1.54, 1.807) is 13.0 Å². The summed E-state index contributed by atoms with van der Waals surface area (Å²) in [5.41, 5.74) is 0.700. The van der Waals surface area contributed by atoms with Gasteiger partial charge in [-0.2, -0.15) is 8.42 Å². The van der Waals surface area contributed by atoms with Crippen molar-refractivity contribution in [1.82, 2.24) is 9.62 Å². The molecule has 0 bridgehead atoms. The van der Waals surface area contributed by atoms with Crippen molar-refractivity contribution in [2.24, 2.45) is 0 Å². The van der Waals surface area contributed by atoms with Gasteiger partial charge in [-0.15, -0.1) is 0 Å². The number of amides is 1. The average Bonchev–Trinajstić information content (AvgIpc) is 2.85. The zero-order chi connectivity index (χ0) is 19.3. The summed E-state index contributed by atoms with van der Waals surface area (Å²) in [7, 11) is -7.00. The van der Waals surface area contributed by atoms with Gasteiger partial charge in [-0.25, -0.2) is 17.9 Å². The van der Waals surface area contributed by atoms with Crippen LogP contribution in [0.2, 0.25) is 0 Å². The van der Waals surface area contributed by atoms with Crippen LogP contribution < -0.4 is 4.72 Å². The first kappa shape index (κ1) is 21.6. The molecular formula is C14H24N2O7S2. The fourth-order valence-corrected chi connectivity index (χ4v) is 3.47. The zero-order valence-electron chi connectivity index (χ0n) is 14.5. The Morgan fingerprint density at radius 3 is 2.48 bits per heavy atom. The van der Waals surface area contributed by atoms with Gasteiger partial charge in [-0.05, 0) is 6.92 Å². The Hall–Kier alpha value is -1.43. The molecule has 1 fully saturated rings. The third-order valence-electron chi connectivity index (χ3n) is 3.43. The molecule has 1 aliphatic rings. The van der Waals surface area contributed by atoms with E-state index in [1.165, 1.54) is 11.0 Å². The van der Waals surface area contributed by atoms with Crippen molar-refractivity contribution in [2.75, 3.05) is 32.2 Å². The van der Waals surface area contributed by atoms with Crippen molar-refractivity contribution < 1.29 is 30.6 Å². The van der Waals surface area contributed by atoms with Crippen molar-refractivity contribution in [2.45, 2.75) is 25.5 Å². The fraction of sp³-hybridized carbons (Fsp3) is 0.643.